The number of amides is 1. The summed E-state index contributed by atoms with van der Waals surface area (Å²) in [4.78, 5) is 11.9. The zero-order valence-corrected chi connectivity index (χ0v) is 15.0. The van der Waals surface area contributed by atoms with Gasteiger partial charge < -0.3 is 15.4 Å². The van der Waals surface area contributed by atoms with Gasteiger partial charge in [-0.2, -0.15) is 0 Å². The lowest BCUT2D eigenvalue weighted by atomic mass is 10.0. The minimum Gasteiger partial charge on any atom is -0.444 e. The van der Waals surface area contributed by atoms with Crippen molar-refractivity contribution in [2.75, 3.05) is 6.54 Å². The Hall–Kier alpha value is -1.62. The molecular formula is C18H29FN2O2. The van der Waals surface area contributed by atoms with Crippen LogP contribution < -0.4 is 10.6 Å². The normalized spacial score (nSPS) is 13.5. The number of halogens is 1. The first-order valence-electron chi connectivity index (χ1n) is 8.02. The summed E-state index contributed by atoms with van der Waals surface area (Å²) in [5.74, 6) is -0.242. The second-order valence-corrected chi connectivity index (χ2v) is 7.41. The van der Waals surface area contributed by atoms with E-state index in [4.69, 9.17) is 4.74 Å². The minimum absolute atomic E-state index is 0.0328. The predicted octanol–water partition coefficient (Wildman–Crippen LogP) is 4.17. The molecule has 4 nitrogen and oxygen atoms in total. The van der Waals surface area contributed by atoms with Gasteiger partial charge in [-0.1, -0.05) is 19.1 Å². The van der Waals surface area contributed by atoms with Crippen LogP contribution in [0.2, 0.25) is 0 Å². The molecule has 130 valence electrons. The van der Waals surface area contributed by atoms with Gasteiger partial charge in [-0.3, -0.25) is 0 Å². The van der Waals surface area contributed by atoms with Crippen molar-refractivity contribution in [3.63, 3.8) is 0 Å². The van der Waals surface area contributed by atoms with Gasteiger partial charge in [0.2, 0.25) is 0 Å². The maximum absolute atomic E-state index is 13.4. The van der Waals surface area contributed by atoms with Crippen molar-refractivity contribution in [3.8, 4) is 0 Å². The molecule has 0 radical (unpaired) electrons. The standard InChI is InChI=1S/C18H29FN2O2/c1-7-15(13-9-8-10-14(19)11-13)20-12-18(5,6)21-16(22)23-17(2,3)4/h8-11,15,20H,7,12H2,1-6H3,(H,21,22). The average Bonchev–Trinajstić information content (AvgIpc) is 2.36. The van der Waals surface area contributed by atoms with Crippen molar-refractivity contribution in [1.82, 2.24) is 10.6 Å². The van der Waals surface area contributed by atoms with Crippen LogP contribution in [-0.2, 0) is 4.74 Å². The van der Waals surface area contributed by atoms with Gasteiger partial charge in [-0.05, 0) is 58.7 Å². The first-order chi connectivity index (χ1) is 10.5. The van der Waals surface area contributed by atoms with E-state index in [1.54, 1.807) is 6.07 Å². The van der Waals surface area contributed by atoms with Gasteiger partial charge in [0, 0.05) is 12.6 Å². The maximum atomic E-state index is 13.4. The van der Waals surface area contributed by atoms with Crippen molar-refractivity contribution < 1.29 is 13.9 Å². The quantitative estimate of drug-likeness (QED) is 0.826. The van der Waals surface area contributed by atoms with E-state index in [-0.39, 0.29) is 11.9 Å². The number of hydrogen-bond donors (Lipinski definition) is 2. The SMILES string of the molecule is CCC(NCC(C)(C)NC(=O)OC(C)(C)C)c1cccc(F)c1. The molecule has 0 saturated heterocycles. The van der Waals surface area contributed by atoms with Gasteiger partial charge in [-0.25, -0.2) is 9.18 Å². The average molecular weight is 324 g/mol. The monoisotopic (exact) mass is 324 g/mol. The summed E-state index contributed by atoms with van der Waals surface area (Å²) in [5.41, 5.74) is -0.106. The molecule has 0 saturated carbocycles. The molecule has 1 unspecified atom stereocenters. The van der Waals surface area contributed by atoms with Crippen molar-refractivity contribution >= 4 is 6.09 Å². The highest BCUT2D eigenvalue weighted by atomic mass is 19.1. The van der Waals surface area contributed by atoms with Crippen LogP contribution >= 0.6 is 0 Å². The Labute approximate surface area is 138 Å². The second-order valence-electron chi connectivity index (χ2n) is 7.41. The van der Waals surface area contributed by atoms with Gasteiger partial charge in [0.05, 0.1) is 5.54 Å². The Kier molecular flexibility index (Phi) is 6.57. The number of nitrogens with one attached hydrogen (secondary N) is 2. The Bertz CT molecular complexity index is 524. The van der Waals surface area contributed by atoms with Crippen LogP contribution in [0, 0.1) is 5.82 Å². The van der Waals surface area contributed by atoms with E-state index >= 15 is 0 Å². The number of hydrogen-bond acceptors (Lipinski definition) is 3. The largest absolute Gasteiger partial charge is 0.444 e. The highest BCUT2D eigenvalue weighted by Crippen LogP contribution is 2.18. The lowest BCUT2D eigenvalue weighted by Gasteiger charge is -2.30. The molecule has 23 heavy (non-hydrogen) atoms. The molecule has 0 aliphatic rings. The molecule has 0 heterocycles. The Balaban J connectivity index is 2.61. The number of benzene rings is 1. The van der Waals surface area contributed by atoms with Crippen molar-refractivity contribution in [3.05, 3.63) is 35.6 Å². The van der Waals surface area contributed by atoms with E-state index < -0.39 is 17.2 Å². The predicted molar refractivity (Wildman–Crippen MR) is 90.9 cm³/mol. The molecule has 1 amide bonds. The number of ether oxygens (including phenoxy) is 1. The minimum atomic E-state index is -0.527. The van der Waals surface area contributed by atoms with Crippen LogP contribution in [0.5, 0.6) is 0 Å². The van der Waals surface area contributed by atoms with Gasteiger partial charge in [0.1, 0.15) is 11.4 Å². The van der Waals surface area contributed by atoms with Crippen molar-refractivity contribution in [1.29, 1.82) is 0 Å². The number of carbonyl (C=O) groups excluding carboxylic acids is 1. The fourth-order valence-electron chi connectivity index (χ4n) is 2.22. The fourth-order valence-corrected chi connectivity index (χ4v) is 2.22. The lowest BCUT2D eigenvalue weighted by Crippen LogP contribution is -2.52. The number of alkyl carbamates (subject to hydrolysis) is 1. The van der Waals surface area contributed by atoms with Crippen LogP contribution in [0.25, 0.3) is 0 Å². The number of carbonyl (C=O) groups is 1. The molecule has 1 aromatic rings. The zero-order chi connectivity index (χ0) is 17.7. The number of rotatable bonds is 6. The first-order valence-corrected chi connectivity index (χ1v) is 8.02. The van der Waals surface area contributed by atoms with Crippen LogP contribution in [0.15, 0.2) is 24.3 Å². The zero-order valence-electron chi connectivity index (χ0n) is 15.0. The summed E-state index contributed by atoms with van der Waals surface area (Å²) in [6.45, 7) is 11.9. The molecule has 0 spiro atoms. The van der Waals surface area contributed by atoms with E-state index in [1.807, 2.05) is 47.6 Å². The Morgan fingerprint density at radius 3 is 2.43 bits per heavy atom. The van der Waals surface area contributed by atoms with Gasteiger partial charge in [0.25, 0.3) is 0 Å². The molecule has 1 aromatic carbocycles. The Morgan fingerprint density at radius 2 is 1.91 bits per heavy atom. The highest BCUT2D eigenvalue weighted by Gasteiger charge is 2.25. The van der Waals surface area contributed by atoms with Crippen LogP contribution in [0.4, 0.5) is 9.18 Å². The second kappa shape index (κ2) is 7.77. The van der Waals surface area contributed by atoms with Crippen LogP contribution in [0.3, 0.4) is 0 Å². The van der Waals surface area contributed by atoms with E-state index in [0.29, 0.717) is 6.54 Å². The summed E-state index contributed by atoms with van der Waals surface area (Å²) in [5, 5.41) is 6.24. The highest BCUT2D eigenvalue weighted by molar-refractivity contribution is 5.68. The third-order valence-corrected chi connectivity index (χ3v) is 3.29. The van der Waals surface area contributed by atoms with E-state index in [1.165, 1.54) is 12.1 Å². The van der Waals surface area contributed by atoms with Gasteiger partial charge >= 0.3 is 6.09 Å². The molecule has 0 fully saturated rings. The molecule has 0 aliphatic heterocycles. The fraction of sp³-hybridized carbons (Fsp3) is 0.611. The molecule has 5 heteroatoms. The summed E-state index contributed by atoms with van der Waals surface area (Å²) in [6.07, 6.45) is 0.384. The van der Waals surface area contributed by atoms with Gasteiger partial charge in [0.15, 0.2) is 0 Å². The summed E-state index contributed by atoms with van der Waals surface area (Å²) in [7, 11) is 0. The molecule has 0 bridgehead atoms. The maximum Gasteiger partial charge on any atom is 0.408 e. The van der Waals surface area contributed by atoms with Crippen LogP contribution in [-0.4, -0.2) is 23.8 Å². The van der Waals surface area contributed by atoms with E-state index in [9.17, 15) is 9.18 Å². The van der Waals surface area contributed by atoms with Gasteiger partial charge in [-0.15, -0.1) is 0 Å². The van der Waals surface area contributed by atoms with E-state index in [0.717, 1.165) is 12.0 Å². The van der Waals surface area contributed by atoms with Crippen molar-refractivity contribution in [2.45, 2.75) is 65.1 Å². The molecular weight excluding hydrogens is 295 g/mol. The van der Waals surface area contributed by atoms with E-state index in [2.05, 4.69) is 10.6 Å². The molecule has 0 aromatic heterocycles. The first kappa shape index (κ1) is 19.4. The molecule has 0 aliphatic carbocycles. The third kappa shape index (κ3) is 7.46. The molecule has 1 atom stereocenters. The Morgan fingerprint density at radius 1 is 1.26 bits per heavy atom. The molecule has 2 N–H and O–H groups in total. The summed E-state index contributed by atoms with van der Waals surface area (Å²) in [6, 6.07) is 6.61. The van der Waals surface area contributed by atoms with Crippen LogP contribution in [0.1, 0.15) is 59.6 Å². The van der Waals surface area contributed by atoms with Crippen molar-refractivity contribution in [2.24, 2.45) is 0 Å². The summed E-state index contributed by atoms with van der Waals surface area (Å²) < 4.78 is 18.6. The summed E-state index contributed by atoms with van der Waals surface area (Å²) >= 11 is 0. The topological polar surface area (TPSA) is 50.4 Å². The lowest BCUT2D eigenvalue weighted by molar-refractivity contribution is 0.0470. The smallest absolute Gasteiger partial charge is 0.408 e. The molecule has 1 rings (SSSR count). The third-order valence-electron chi connectivity index (χ3n) is 3.29.